The lowest BCUT2D eigenvalue weighted by Gasteiger charge is -2.33. The van der Waals surface area contributed by atoms with Crippen molar-refractivity contribution in [2.45, 2.75) is 63.8 Å². The van der Waals surface area contributed by atoms with E-state index < -0.39 is 57.7 Å². The minimum atomic E-state index is -4.78. The monoisotopic (exact) mass is 591 g/mol. The number of rotatable bonds is 9. The maximum absolute atomic E-state index is 13.6. The number of nitrogens with zero attached hydrogens (tertiary/aromatic N) is 2. The average molecular weight is 592 g/mol. The quantitative estimate of drug-likeness (QED) is 0.410. The number of anilines is 1. The van der Waals surface area contributed by atoms with E-state index in [4.69, 9.17) is 11.6 Å². The zero-order chi connectivity index (χ0) is 29.0. The van der Waals surface area contributed by atoms with Gasteiger partial charge in [-0.3, -0.25) is 13.9 Å². The lowest BCUT2D eigenvalue weighted by atomic mass is 9.95. The number of alkyl halides is 3. The minimum Gasteiger partial charge on any atom is -0.352 e. The standard InChI is InChI=1S/C26H30ClF4N3O4S/c1-17(25(36)32-21-6-4-3-5-7-21)33(15-18-8-11-20(28)12-9-18)24(35)16-34(39(2,37)38)23-14-19(26(29,30)31)10-13-22(23)27/h8-14,17,21H,3-7,15-16H2,1-2H3,(H,32,36)/t17-/m0/s1. The molecule has 2 amide bonds. The first-order valence-corrected chi connectivity index (χ1v) is 14.6. The molecule has 0 aliphatic heterocycles. The van der Waals surface area contributed by atoms with Crippen molar-refractivity contribution >= 4 is 39.1 Å². The van der Waals surface area contributed by atoms with Gasteiger partial charge in [0.15, 0.2) is 0 Å². The van der Waals surface area contributed by atoms with E-state index in [2.05, 4.69) is 5.32 Å². The van der Waals surface area contributed by atoms with Gasteiger partial charge in [-0.25, -0.2) is 12.8 Å². The van der Waals surface area contributed by atoms with Gasteiger partial charge in [-0.05, 0) is 55.7 Å². The van der Waals surface area contributed by atoms with Crippen LogP contribution < -0.4 is 9.62 Å². The fourth-order valence-electron chi connectivity index (χ4n) is 4.41. The maximum atomic E-state index is 13.6. The van der Waals surface area contributed by atoms with Crippen molar-refractivity contribution in [1.82, 2.24) is 10.2 Å². The maximum Gasteiger partial charge on any atom is 0.416 e. The lowest BCUT2D eigenvalue weighted by Crippen LogP contribution is -2.53. The molecule has 2 aromatic carbocycles. The van der Waals surface area contributed by atoms with E-state index in [1.54, 1.807) is 0 Å². The number of carbonyl (C=O) groups is 2. The van der Waals surface area contributed by atoms with Crippen molar-refractivity contribution in [2.75, 3.05) is 17.1 Å². The number of amides is 2. The van der Waals surface area contributed by atoms with Gasteiger partial charge < -0.3 is 10.2 Å². The van der Waals surface area contributed by atoms with E-state index in [0.717, 1.165) is 49.3 Å². The third kappa shape index (κ3) is 8.31. The van der Waals surface area contributed by atoms with Crippen LogP contribution in [0.2, 0.25) is 5.02 Å². The summed E-state index contributed by atoms with van der Waals surface area (Å²) in [5.74, 6) is -1.83. The molecular weight excluding hydrogens is 562 g/mol. The summed E-state index contributed by atoms with van der Waals surface area (Å²) >= 11 is 6.08. The highest BCUT2D eigenvalue weighted by Crippen LogP contribution is 2.36. The second-order valence-corrected chi connectivity index (χ2v) is 11.9. The van der Waals surface area contributed by atoms with Gasteiger partial charge in [-0.2, -0.15) is 13.2 Å². The first-order chi connectivity index (χ1) is 18.2. The Bertz CT molecular complexity index is 1280. The molecule has 1 aliphatic carbocycles. The Labute approximate surface area is 230 Å². The molecule has 0 bridgehead atoms. The Balaban J connectivity index is 1.94. The molecule has 0 saturated heterocycles. The van der Waals surface area contributed by atoms with E-state index in [1.165, 1.54) is 31.2 Å². The molecule has 214 valence electrons. The zero-order valence-electron chi connectivity index (χ0n) is 21.5. The van der Waals surface area contributed by atoms with Crippen LogP contribution in [0.25, 0.3) is 0 Å². The number of hydrogen-bond donors (Lipinski definition) is 1. The summed E-state index contributed by atoms with van der Waals surface area (Å²) in [6.07, 6.45) is 0.515. The Morgan fingerprint density at radius 2 is 1.69 bits per heavy atom. The van der Waals surface area contributed by atoms with Gasteiger partial charge in [-0.15, -0.1) is 0 Å². The Hall–Kier alpha value is -2.86. The normalized spacial score (nSPS) is 15.5. The zero-order valence-corrected chi connectivity index (χ0v) is 23.0. The largest absolute Gasteiger partial charge is 0.416 e. The van der Waals surface area contributed by atoms with E-state index in [0.29, 0.717) is 22.0 Å². The molecular formula is C26H30ClF4N3O4S. The second kappa shape index (κ2) is 12.5. The lowest BCUT2D eigenvalue weighted by molar-refractivity contribution is -0.139. The van der Waals surface area contributed by atoms with Crippen molar-refractivity contribution in [3.63, 3.8) is 0 Å². The first kappa shape index (κ1) is 30.7. The van der Waals surface area contributed by atoms with Crippen LogP contribution >= 0.6 is 11.6 Å². The summed E-state index contributed by atoms with van der Waals surface area (Å²) in [4.78, 5) is 27.8. The van der Waals surface area contributed by atoms with Crippen molar-refractivity contribution in [1.29, 1.82) is 0 Å². The molecule has 1 atom stereocenters. The Kier molecular flexibility index (Phi) is 9.87. The molecule has 0 spiro atoms. The van der Waals surface area contributed by atoms with Gasteiger partial charge in [-0.1, -0.05) is 43.0 Å². The summed E-state index contributed by atoms with van der Waals surface area (Å²) in [5, 5.41) is 2.62. The van der Waals surface area contributed by atoms with Crippen molar-refractivity contribution in [3.05, 3.63) is 64.4 Å². The summed E-state index contributed by atoms with van der Waals surface area (Å²) in [6, 6.07) is 6.21. The third-order valence-corrected chi connectivity index (χ3v) is 8.05. The van der Waals surface area contributed by atoms with Gasteiger partial charge in [0.25, 0.3) is 0 Å². The molecule has 13 heteroatoms. The summed E-state index contributed by atoms with van der Waals surface area (Å²) in [7, 11) is -4.29. The molecule has 2 aromatic rings. The number of nitrogens with one attached hydrogen (secondary N) is 1. The van der Waals surface area contributed by atoms with Gasteiger partial charge in [0, 0.05) is 12.6 Å². The van der Waals surface area contributed by atoms with Gasteiger partial charge in [0.05, 0.1) is 22.5 Å². The second-order valence-electron chi connectivity index (χ2n) is 9.60. The first-order valence-electron chi connectivity index (χ1n) is 12.4. The van der Waals surface area contributed by atoms with Crippen molar-refractivity contribution < 1.29 is 35.6 Å². The van der Waals surface area contributed by atoms with Crippen LogP contribution in [0.5, 0.6) is 0 Å². The minimum absolute atomic E-state index is 0.0621. The number of hydrogen-bond acceptors (Lipinski definition) is 4. The van der Waals surface area contributed by atoms with Crippen LogP contribution in [0.15, 0.2) is 42.5 Å². The highest BCUT2D eigenvalue weighted by molar-refractivity contribution is 7.92. The Morgan fingerprint density at radius 3 is 2.26 bits per heavy atom. The van der Waals surface area contributed by atoms with Crippen molar-refractivity contribution in [2.24, 2.45) is 0 Å². The number of halogens is 5. The molecule has 1 saturated carbocycles. The summed E-state index contributed by atoms with van der Waals surface area (Å²) in [5.41, 5.74) is -1.21. The highest BCUT2D eigenvalue weighted by Gasteiger charge is 2.35. The topological polar surface area (TPSA) is 86.8 Å². The van der Waals surface area contributed by atoms with Crippen LogP contribution in [0.4, 0.5) is 23.2 Å². The van der Waals surface area contributed by atoms with Gasteiger partial charge >= 0.3 is 6.18 Å². The SMILES string of the molecule is C[C@@H](C(=O)NC1CCCCC1)N(Cc1ccc(F)cc1)C(=O)CN(c1cc(C(F)(F)F)ccc1Cl)S(C)(=O)=O. The molecule has 0 unspecified atom stereocenters. The highest BCUT2D eigenvalue weighted by atomic mass is 35.5. The van der Waals surface area contributed by atoms with E-state index in [1.807, 2.05) is 0 Å². The van der Waals surface area contributed by atoms with Crippen LogP contribution in [-0.4, -0.2) is 50.0 Å². The van der Waals surface area contributed by atoms with Crippen molar-refractivity contribution in [3.8, 4) is 0 Å². The van der Waals surface area contributed by atoms with Crippen LogP contribution in [0.1, 0.15) is 50.2 Å². The average Bonchev–Trinajstić information content (AvgIpc) is 2.86. The van der Waals surface area contributed by atoms with E-state index in [9.17, 15) is 35.6 Å². The molecule has 1 N–H and O–H groups in total. The predicted octanol–water partition coefficient (Wildman–Crippen LogP) is 5.13. The summed E-state index contributed by atoms with van der Waals surface area (Å²) in [6.45, 7) is 0.385. The van der Waals surface area contributed by atoms with E-state index >= 15 is 0 Å². The molecule has 39 heavy (non-hydrogen) atoms. The third-order valence-electron chi connectivity index (χ3n) is 6.61. The molecule has 0 heterocycles. The molecule has 0 aromatic heterocycles. The van der Waals surface area contributed by atoms with Crippen LogP contribution in [0.3, 0.4) is 0 Å². The van der Waals surface area contributed by atoms with Crippen LogP contribution in [0, 0.1) is 5.82 Å². The smallest absolute Gasteiger partial charge is 0.352 e. The molecule has 1 fully saturated rings. The fourth-order valence-corrected chi connectivity index (χ4v) is 5.54. The molecule has 1 aliphatic rings. The van der Waals surface area contributed by atoms with E-state index in [-0.39, 0.29) is 17.6 Å². The number of carbonyl (C=O) groups excluding carboxylic acids is 2. The molecule has 3 rings (SSSR count). The predicted molar refractivity (Wildman–Crippen MR) is 140 cm³/mol. The molecule has 7 nitrogen and oxygen atoms in total. The molecule has 0 radical (unpaired) electrons. The van der Waals surface area contributed by atoms with Crippen LogP contribution in [-0.2, 0) is 32.3 Å². The fraction of sp³-hybridized carbons (Fsp3) is 0.462. The number of sulfonamides is 1. The van der Waals surface area contributed by atoms with Gasteiger partial charge in [0.1, 0.15) is 18.4 Å². The summed E-state index contributed by atoms with van der Waals surface area (Å²) < 4.78 is 79.3. The number of benzene rings is 2. The Morgan fingerprint density at radius 1 is 1.08 bits per heavy atom. The van der Waals surface area contributed by atoms with Gasteiger partial charge in [0.2, 0.25) is 21.8 Å².